The van der Waals surface area contributed by atoms with E-state index in [0.717, 1.165) is 5.03 Å². The number of nitrogens with one attached hydrogen (secondary N) is 1. The molecule has 5 nitrogen and oxygen atoms in total. The zero-order valence-electron chi connectivity index (χ0n) is 9.77. The molecule has 1 N–H and O–H groups in total. The Hall–Kier alpha value is -1.30. The van der Waals surface area contributed by atoms with Gasteiger partial charge in [-0.2, -0.15) is 0 Å². The third kappa shape index (κ3) is 4.48. The molecule has 6 heteroatoms. The first-order chi connectivity index (χ1) is 7.40. The van der Waals surface area contributed by atoms with E-state index in [2.05, 4.69) is 15.5 Å². The summed E-state index contributed by atoms with van der Waals surface area (Å²) in [6.45, 7) is 5.40. The van der Waals surface area contributed by atoms with Crippen molar-refractivity contribution in [3.8, 4) is 0 Å². The number of ether oxygens (including phenoxy) is 1. The molecule has 0 atom stereocenters. The SMILES string of the molecule is CSc1ccc(NC(=O)OC(C)(C)C)nn1. The van der Waals surface area contributed by atoms with Crippen LogP contribution < -0.4 is 5.32 Å². The van der Waals surface area contributed by atoms with Crippen LogP contribution in [0.5, 0.6) is 0 Å². The van der Waals surface area contributed by atoms with E-state index in [-0.39, 0.29) is 0 Å². The lowest BCUT2D eigenvalue weighted by Gasteiger charge is -2.19. The first-order valence-corrected chi connectivity index (χ1v) is 6.01. The third-order valence-electron chi connectivity index (χ3n) is 1.48. The van der Waals surface area contributed by atoms with Gasteiger partial charge in [-0.05, 0) is 39.2 Å². The minimum atomic E-state index is -0.529. The highest BCUT2D eigenvalue weighted by atomic mass is 32.2. The van der Waals surface area contributed by atoms with Crippen molar-refractivity contribution in [3.63, 3.8) is 0 Å². The van der Waals surface area contributed by atoms with Gasteiger partial charge < -0.3 is 4.74 Å². The summed E-state index contributed by atoms with van der Waals surface area (Å²) in [5, 5.41) is 11.0. The number of thioether (sulfide) groups is 1. The van der Waals surface area contributed by atoms with Crippen LogP contribution >= 0.6 is 11.8 Å². The summed E-state index contributed by atoms with van der Waals surface area (Å²) in [5.74, 6) is 0.382. The number of anilines is 1. The van der Waals surface area contributed by atoms with Gasteiger partial charge in [0.1, 0.15) is 10.6 Å². The van der Waals surface area contributed by atoms with Crippen LogP contribution in [0.3, 0.4) is 0 Å². The predicted octanol–water partition coefficient (Wildman–Crippen LogP) is 2.55. The second-order valence-electron chi connectivity index (χ2n) is 4.09. The zero-order chi connectivity index (χ0) is 12.2. The quantitative estimate of drug-likeness (QED) is 0.806. The maximum Gasteiger partial charge on any atom is 0.413 e. The Morgan fingerprint density at radius 1 is 1.38 bits per heavy atom. The second kappa shape index (κ2) is 5.16. The monoisotopic (exact) mass is 241 g/mol. The fourth-order valence-corrected chi connectivity index (χ4v) is 1.23. The van der Waals surface area contributed by atoms with Crippen LogP contribution in [0.1, 0.15) is 20.8 Å². The van der Waals surface area contributed by atoms with Crippen molar-refractivity contribution < 1.29 is 9.53 Å². The molecule has 0 saturated carbocycles. The summed E-state index contributed by atoms with van der Waals surface area (Å²) in [4.78, 5) is 11.4. The van der Waals surface area contributed by atoms with E-state index in [9.17, 15) is 4.79 Å². The van der Waals surface area contributed by atoms with Crippen LogP contribution in [0.15, 0.2) is 17.2 Å². The van der Waals surface area contributed by atoms with Gasteiger partial charge in [-0.1, -0.05) is 0 Å². The number of rotatable bonds is 2. The van der Waals surface area contributed by atoms with Crippen LogP contribution in [-0.4, -0.2) is 28.1 Å². The van der Waals surface area contributed by atoms with E-state index >= 15 is 0 Å². The van der Waals surface area contributed by atoms with Gasteiger partial charge in [-0.25, -0.2) is 4.79 Å². The van der Waals surface area contributed by atoms with E-state index < -0.39 is 11.7 Å². The smallest absolute Gasteiger partial charge is 0.413 e. The lowest BCUT2D eigenvalue weighted by Crippen LogP contribution is -2.27. The van der Waals surface area contributed by atoms with E-state index in [1.54, 1.807) is 32.9 Å². The molecule has 1 amide bonds. The summed E-state index contributed by atoms with van der Waals surface area (Å²) in [5.41, 5.74) is -0.517. The van der Waals surface area contributed by atoms with E-state index in [1.807, 2.05) is 6.26 Å². The molecule has 0 unspecified atom stereocenters. The molecular weight excluding hydrogens is 226 g/mol. The summed E-state index contributed by atoms with van der Waals surface area (Å²) in [7, 11) is 0. The number of hydrogen-bond donors (Lipinski definition) is 1. The standard InChI is InChI=1S/C10H15N3O2S/c1-10(2,3)15-9(14)11-7-5-6-8(16-4)13-12-7/h5-6H,1-4H3,(H,11,12,14). The largest absolute Gasteiger partial charge is 0.444 e. The normalized spacial score (nSPS) is 11.0. The minimum Gasteiger partial charge on any atom is -0.444 e. The summed E-state index contributed by atoms with van der Waals surface area (Å²) in [6, 6.07) is 3.47. The average Bonchev–Trinajstić information content (AvgIpc) is 2.16. The van der Waals surface area contributed by atoms with Crippen molar-refractivity contribution in [1.29, 1.82) is 0 Å². The molecule has 1 heterocycles. The van der Waals surface area contributed by atoms with Crippen LogP contribution in [0, 0.1) is 0 Å². The van der Waals surface area contributed by atoms with Crippen LogP contribution in [-0.2, 0) is 4.74 Å². The molecule has 1 aromatic heterocycles. The molecular formula is C10H15N3O2S. The number of nitrogens with zero attached hydrogens (tertiary/aromatic N) is 2. The topological polar surface area (TPSA) is 64.1 Å². The highest BCUT2D eigenvalue weighted by molar-refractivity contribution is 7.98. The molecule has 1 aromatic rings. The molecule has 0 aliphatic rings. The number of carbonyl (C=O) groups is 1. The van der Waals surface area contributed by atoms with Crippen molar-refractivity contribution in [1.82, 2.24) is 10.2 Å². The van der Waals surface area contributed by atoms with E-state index in [0.29, 0.717) is 5.82 Å². The Morgan fingerprint density at radius 3 is 2.50 bits per heavy atom. The van der Waals surface area contributed by atoms with Crippen molar-refractivity contribution in [2.45, 2.75) is 31.4 Å². The lowest BCUT2D eigenvalue weighted by atomic mass is 10.2. The molecule has 0 aliphatic carbocycles. The first-order valence-electron chi connectivity index (χ1n) is 4.78. The van der Waals surface area contributed by atoms with Crippen LogP contribution in [0.25, 0.3) is 0 Å². The van der Waals surface area contributed by atoms with Crippen molar-refractivity contribution in [2.24, 2.45) is 0 Å². The second-order valence-corrected chi connectivity index (χ2v) is 4.91. The minimum absolute atomic E-state index is 0.382. The first kappa shape index (κ1) is 12.8. The number of hydrogen-bond acceptors (Lipinski definition) is 5. The van der Waals surface area contributed by atoms with Gasteiger partial charge in [0.2, 0.25) is 0 Å². The van der Waals surface area contributed by atoms with Crippen LogP contribution in [0.2, 0.25) is 0 Å². The highest BCUT2D eigenvalue weighted by Crippen LogP contribution is 2.12. The summed E-state index contributed by atoms with van der Waals surface area (Å²) < 4.78 is 5.08. The van der Waals surface area contributed by atoms with Crippen molar-refractivity contribution in [3.05, 3.63) is 12.1 Å². The van der Waals surface area contributed by atoms with Gasteiger partial charge in [-0.3, -0.25) is 5.32 Å². The number of carbonyl (C=O) groups excluding carboxylic acids is 1. The molecule has 0 saturated heterocycles. The molecule has 0 fully saturated rings. The van der Waals surface area contributed by atoms with Gasteiger partial charge >= 0.3 is 6.09 Å². The third-order valence-corrected chi connectivity index (χ3v) is 2.11. The van der Waals surface area contributed by atoms with Gasteiger partial charge in [0, 0.05) is 0 Å². The van der Waals surface area contributed by atoms with Crippen LogP contribution in [0.4, 0.5) is 10.6 Å². The highest BCUT2D eigenvalue weighted by Gasteiger charge is 2.16. The fourth-order valence-electron chi connectivity index (χ4n) is 0.904. The zero-order valence-corrected chi connectivity index (χ0v) is 10.6. The predicted molar refractivity (Wildman–Crippen MR) is 63.7 cm³/mol. The molecule has 0 spiro atoms. The maximum atomic E-state index is 11.4. The van der Waals surface area contributed by atoms with Gasteiger partial charge in [0.05, 0.1) is 0 Å². The lowest BCUT2D eigenvalue weighted by molar-refractivity contribution is 0.0635. The maximum absolute atomic E-state index is 11.4. The Morgan fingerprint density at radius 2 is 2.06 bits per heavy atom. The van der Waals surface area contributed by atoms with Crippen molar-refractivity contribution in [2.75, 3.05) is 11.6 Å². The van der Waals surface area contributed by atoms with E-state index in [4.69, 9.17) is 4.74 Å². The number of aromatic nitrogens is 2. The summed E-state index contributed by atoms with van der Waals surface area (Å²) >= 11 is 1.49. The molecule has 0 bridgehead atoms. The summed E-state index contributed by atoms with van der Waals surface area (Å²) in [6.07, 6.45) is 1.38. The fraction of sp³-hybridized carbons (Fsp3) is 0.500. The van der Waals surface area contributed by atoms with Gasteiger partial charge in [-0.15, -0.1) is 22.0 Å². The molecule has 1 rings (SSSR count). The molecule has 0 radical (unpaired) electrons. The average molecular weight is 241 g/mol. The molecule has 0 aromatic carbocycles. The Balaban J connectivity index is 2.56. The Kier molecular flexibility index (Phi) is 4.12. The van der Waals surface area contributed by atoms with Gasteiger partial charge in [0.15, 0.2) is 5.82 Å². The molecule has 0 aliphatic heterocycles. The Labute approximate surface area is 99.0 Å². The molecule has 88 valence electrons. The number of amides is 1. The Bertz CT molecular complexity index is 359. The molecule has 16 heavy (non-hydrogen) atoms. The van der Waals surface area contributed by atoms with Crippen molar-refractivity contribution >= 4 is 23.7 Å². The van der Waals surface area contributed by atoms with Gasteiger partial charge in [0.25, 0.3) is 0 Å². The van der Waals surface area contributed by atoms with E-state index in [1.165, 1.54) is 11.8 Å².